The van der Waals surface area contributed by atoms with Crippen molar-refractivity contribution in [3.05, 3.63) is 36.3 Å². The van der Waals surface area contributed by atoms with Crippen molar-refractivity contribution in [2.75, 3.05) is 0 Å². The van der Waals surface area contributed by atoms with Crippen LogP contribution in [0.15, 0.2) is 30.5 Å². The Hall–Kier alpha value is -1.81. The minimum atomic E-state index is 0.193. The van der Waals surface area contributed by atoms with Gasteiger partial charge >= 0.3 is 0 Å². The van der Waals surface area contributed by atoms with Crippen LogP contribution in [0.4, 0.5) is 0 Å². The molecule has 2 heterocycles. The molecular formula is C17H23N3O. The molecule has 0 saturated heterocycles. The SMILES string of the molecule is CC(C)Oc1ccc(-c2cn3c(n2)C(C)CC(N)C3)cc1. The number of nitrogens with zero attached hydrogens (tertiary/aromatic N) is 2. The summed E-state index contributed by atoms with van der Waals surface area (Å²) in [6, 6.07) is 8.37. The number of nitrogens with two attached hydrogens (primary N) is 1. The van der Waals surface area contributed by atoms with Gasteiger partial charge in [0.05, 0.1) is 11.8 Å². The first-order valence-electron chi connectivity index (χ1n) is 7.62. The van der Waals surface area contributed by atoms with E-state index in [4.69, 9.17) is 15.5 Å². The second-order valence-electron chi connectivity index (χ2n) is 6.22. The summed E-state index contributed by atoms with van der Waals surface area (Å²) in [5.41, 5.74) is 8.22. The highest BCUT2D eigenvalue weighted by molar-refractivity contribution is 5.60. The summed E-state index contributed by atoms with van der Waals surface area (Å²) < 4.78 is 7.88. The molecule has 0 spiro atoms. The lowest BCUT2D eigenvalue weighted by molar-refractivity contribution is 0.242. The summed E-state index contributed by atoms with van der Waals surface area (Å²) in [5, 5.41) is 0. The maximum atomic E-state index is 6.09. The number of ether oxygens (including phenoxy) is 1. The fraction of sp³-hybridized carbons (Fsp3) is 0.471. The van der Waals surface area contributed by atoms with E-state index >= 15 is 0 Å². The fourth-order valence-corrected chi connectivity index (χ4v) is 2.97. The second kappa shape index (κ2) is 5.53. The predicted octanol–water partition coefficient (Wildman–Crippen LogP) is 3.17. The van der Waals surface area contributed by atoms with E-state index in [1.165, 1.54) is 0 Å². The molecule has 0 radical (unpaired) electrons. The highest BCUT2D eigenvalue weighted by Gasteiger charge is 2.24. The smallest absolute Gasteiger partial charge is 0.119 e. The van der Waals surface area contributed by atoms with Gasteiger partial charge in [-0.15, -0.1) is 0 Å². The third-order valence-corrected chi connectivity index (χ3v) is 3.86. The van der Waals surface area contributed by atoms with E-state index in [0.717, 1.165) is 35.8 Å². The topological polar surface area (TPSA) is 53.1 Å². The number of benzene rings is 1. The van der Waals surface area contributed by atoms with Crippen LogP contribution in [0, 0.1) is 0 Å². The predicted molar refractivity (Wildman–Crippen MR) is 84.4 cm³/mol. The third kappa shape index (κ3) is 2.95. The van der Waals surface area contributed by atoms with Crippen LogP contribution in [-0.2, 0) is 6.54 Å². The van der Waals surface area contributed by atoms with Crippen LogP contribution in [0.5, 0.6) is 5.75 Å². The Bertz CT molecular complexity index is 615. The zero-order valence-electron chi connectivity index (χ0n) is 12.9. The zero-order chi connectivity index (χ0) is 15.0. The third-order valence-electron chi connectivity index (χ3n) is 3.86. The van der Waals surface area contributed by atoms with E-state index in [-0.39, 0.29) is 12.1 Å². The van der Waals surface area contributed by atoms with Crippen LogP contribution in [0.3, 0.4) is 0 Å². The van der Waals surface area contributed by atoms with Gasteiger partial charge < -0.3 is 15.0 Å². The molecule has 2 N–H and O–H groups in total. The lowest BCUT2D eigenvalue weighted by Crippen LogP contribution is -2.33. The molecule has 1 aliphatic rings. The van der Waals surface area contributed by atoms with Crippen molar-refractivity contribution >= 4 is 0 Å². The number of hydrogen-bond donors (Lipinski definition) is 1. The Morgan fingerprint density at radius 1 is 1.29 bits per heavy atom. The molecule has 0 amide bonds. The molecule has 2 unspecified atom stereocenters. The molecule has 1 aliphatic heterocycles. The highest BCUT2D eigenvalue weighted by Crippen LogP contribution is 2.29. The monoisotopic (exact) mass is 285 g/mol. The Morgan fingerprint density at radius 2 is 2.00 bits per heavy atom. The van der Waals surface area contributed by atoms with Crippen molar-refractivity contribution in [3.8, 4) is 17.0 Å². The number of imidazole rings is 1. The van der Waals surface area contributed by atoms with Gasteiger partial charge in [0, 0.05) is 30.3 Å². The van der Waals surface area contributed by atoms with Crippen molar-refractivity contribution in [1.82, 2.24) is 9.55 Å². The Kier molecular flexibility index (Phi) is 3.72. The molecule has 4 heteroatoms. The Balaban J connectivity index is 1.86. The van der Waals surface area contributed by atoms with Crippen LogP contribution in [-0.4, -0.2) is 21.7 Å². The number of hydrogen-bond acceptors (Lipinski definition) is 3. The lowest BCUT2D eigenvalue weighted by Gasteiger charge is -2.25. The van der Waals surface area contributed by atoms with E-state index in [1.807, 2.05) is 26.0 Å². The van der Waals surface area contributed by atoms with Gasteiger partial charge in [0.2, 0.25) is 0 Å². The molecule has 2 aromatic rings. The molecule has 2 atom stereocenters. The van der Waals surface area contributed by atoms with Gasteiger partial charge in [-0.2, -0.15) is 0 Å². The van der Waals surface area contributed by atoms with Gasteiger partial charge in [0.25, 0.3) is 0 Å². The molecule has 0 fully saturated rings. The molecule has 21 heavy (non-hydrogen) atoms. The maximum absolute atomic E-state index is 6.09. The molecule has 3 rings (SSSR count). The molecule has 0 aliphatic carbocycles. The average molecular weight is 285 g/mol. The summed E-state index contributed by atoms with van der Waals surface area (Å²) >= 11 is 0. The molecule has 4 nitrogen and oxygen atoms in total. The van der Waals surface area contributed by atoms with E-state index < -0.39 is 0 Å². The van der Waals surface area contributed by atoms with Crippen molar-refractivity contribution in [2.24, 2.45) is 5.73 Å². The number of fused-ring (bicyclic) bond motifs is 1. The normalized spacial score (nSPS) is 21.4. The Morgan fingerprint density at radius 3 is 2.67 bits per heavy atom. The molecule has 0 saturated carbocycles. The summed E-state index contributed by atoms with van der Waals surface area (Å²) in [7, 11) is 0. The van der Waals surface area contributed by atoms with E-state index in [2.05, 4.69) is 29.8 Å². The zero-order valence-corrected chi connectivity index (χ0v) is 12.9. The van der Waals surface area contributed by atoms with Crippen LogP contribution < -0.4 is 10.5 Å². The molecular weight excluding hydrogens is 262 g/mol. The summed E-state index contributed by atoms with van der Waals surface area (Å²) in [6.45, 7) is 7.12. The minimum Gasteiger partial charge on any atom is -0.491 e. The van der Waals surface area contributed by atoms with Gasteiger partial charge in [0.1, 0.15) is 11.6 Å². The first kappa shape index (κ1) is 14.1. The summed E-state index contributed by atoms with van der Waals surface area (Å²) in [4.78, 5) is 4.79. The Labute approximate surface area is 125 Å². The van der Waals surface area contributed by atoms with Gasteiger partial charge in [-0.05, 0) is 44.5 Å². The summed E-state index contributed by atoms with van der Waals surface area (Å²) in [5.74, 6) is 2.47. The highest BCUT2D eigenvalue weighted by atomic mass is 16.5. The lowest BCUT2D eigenvalue weighted by atomic mass is 9.98. The van der Waals surface area contributed by atoms with Crippen molar-refractivity contribution in [3.63, 3.8) is 0 Å². The van der Waals surface area contributed by atoms with Crippen LogP contribution in [0.1, 0.15) is 38.9 Å². The van der Waals surface area contributed by atoms with Crippen LogP contribution >= 0.6 is 0 Å². The average Bonchev–Trinajstić information content (AvgIpc) is 2.83. The van der Waals surface area contributed by atoms with Gasteiger partial charge in [0.15, 0.2) is 0 Å². The van der Waals surface area contributed by atoms with E-state index in [1.54, 1.807) is 0 Å². The first-order valence-corrected chi connectivity index (χ1v) is 7.62. The standard InChI is InChI=1S/C17H23N3O/c1-11(2)21-15-6-4-13(5-7-15)16-10-20-9-14(18)8-12(3)17(20)19-16/h4-7,10-12,14H,8-9,18H2,1-3H3. The molecule has 1 aromatic heterocycles. The van der Waals surface area contributed by atoms with Crippen molar-refractivity contribution in [2.45, 2.75) is 51.8 Å². The fourth-order valence-electron chi connectivity index (χ4n) is 2.97. The molecule has 112 valence electrons. The van der Waals surface area contributed by atoms with Gasteiger partial charge in [-0.25, -0.2) is 4.98 Å². The largest absolute Gasteiger partial charge is 0.491 e. The number of rotatable bonds is 3. The van der Waals surface area contributed by atoms with Crippen molar-refractivity contribution < 1.29 is 4.74 Å². The summed E-state index contributed by atoms with van der Waals surface area (Å²) in [6.07, 6.45) is 3.32. The van der Waals surface area contributed by atoms with Gasteiger partial charge in [-0.3, -0.25) is 0 Å². The van der Waals surface area contributed by atoms with E-state index in [9.17, 15) is 0 Å². The minimum absolute atomic E-state index is 0.193. The van der Waals surface area contributed by atoms with E-state index in [0.29, 0.717) is 5.92 Å². The number of aromatic nitrogens is 2. The molecule has 1 aromatic carbocycles. The van der Waals surface area contributed by atoms with Crippen LogP contribution in [0.2, 0.25) is 0 Å². The maximum Gasteiger partial charge on any atom is 0.119 e. The molecule has 0 bridgehead atoms. The quantitative estimate of drug-likeness (QED) is 0.942. The first-order chi connectivity index (χ1) is 10.0. The van der Waals surface area contributed by atoms with Crippen molar-refractivity contribution in [1.29, 1.82) is 0 Å². The second-order valence-corrected chi connectivity index (χ2v) is 6.22. The van der Waals surface area contributed by atoms with Gasteiger partial charge in [-0.1, -0.05) is 6.92 Å². The van der Waals surface area contributed by atoms with Crippen LogP contribution in [0.25, 0.3) is 11.3 Å².